The molecule has 0 radical (unpaired) electrons. The highest BCUT2D eigenvalue weighted by molar-refractivity contribution is 7.10. The summed E-state index contributed by atoms with van der Waals surface area (Å²) in [5.74, 6) is 0. The van der Waals surface area contributed by atoms with Crippen molar-refractivity contribution in [2.45, 2.75) is 6.42 Å². The predicted molar refractivity (Wildman–Crippen MR) is 83.5 cm³/mol. The maximum absolute atomic E-state index is 10.7. The SMILES string of the molecule is O=[N+]([O-])c1ccc(Cc2scnc2-c2ccccc2)cc1. The Labute approximate surface area is 125 Å². The molecule has 1 heterocycles. The lowest BCUT2D eigenvalue weighted by Crippen LogP contribution is -1.91. The van der Waals surface area contributed by atoms with Gasteiger partial charge in [-0.2, -0.15) is 0 Å². The number of aromatic nitrogens is 1. The maximum Gasteiger partial charge on any atom is 0.269 e. The first-order valence-electron chi connectivity index (χ1n) is 6.45. The number of rotatable bonds is 4. The third-order valence-electron chi connectivity index (χ3n) is 3.20. The van der Waals surface area contributed by atoms with Crippen molar-refractivity contribution in [2.75, 3.05) is 0 Å². The van der Waals surface area contributed by atoms with Crippen molar-refractivity contribution in [3.63, 3.8) is 0 Å². The van der Waals surface area contributed by atoms with Gasteiger partial charge in [-0.25, -0.2) is 4.98 Å². The topological polar surface area (TPSA) is 56.0 Å². The molecule has 5 heteroatoms. The van der Waals surface area contributed by atoms with Gasteiger partial charge in [-0.3, -0.25) is 10.1 Å². The molecular weight excluding hydrogens is 284 g/mol. The smallest absolute Gasteiger partial charge is 0.258 e. The highest BCUT2D eigenvalue weighted by Crippen LogP contribution is 2.27. The molecule has 3 rings (SSSR count). The van der Waals surface area contributed by atoms with Gasteiger partial charge in [0.05, 0.1) is 16.1 Å². The summed E-state index contributed by atoms with van der Waals surface area (Å²) in [5.41, 5.74) is 5.08. The fourth-order valence-corrected chi connectivity index (χ4v) is 2.97. The van der Waals surface area contributed by atoms with E-state index in [1.807, 2.05) is 35.8 Å². The predicted octanol–water partition coefficient (Wildman–Crippen LogP) is 4.31. The molecule has 0 saturated carbocycles. The molecular formula is C16H12N2O2S. The molecule has 0 amide bonds. The second kappa shape index (κ2) is 5.85. The van der Waals surface area contributed by atoms with E-state index in [0.29, 0.717) is 0 Å². The summed E-state index contributed by atoms with van der Waals surface area (Å²) in [5, 5.41) is 10.7. The fourth-order valence-electron chi connectivity index (χ4n) is 2.15. The summed E-state index contributed by atoms with van der Waals surface area (Å²) in [6.07, 6.45) is 0.729. The zero-order chi connectivity index (χ0) is 14.7. The molecule has 0 aliphatic rings. The second-order valence-corrected chi connectivity index (χ2v) is 5.53. The molecule has 0 atom stereocenters. The Morgan fingerprint density at radius 3 is 2.43 bits per heavy atom. The average molecular weight is 296 g/mol. The molecule has 0 spiro atoms. The van der Waals surface area contributed by atoms with Crippen LogP contribution in [0.25, 0.3) is 11.3 Å². The fraction of sp³-hybridized carbons (Fsp3) is 0.0625. The number of nitrogens with zero attached hydrogens (tertiary/aromatic N) is 2. The number of hydrogen-bond donors (Lipinski definition) is 0. The van der Waals surface area contributed by atoms with E-state index in [-0.39, 0.29) is 10.6 Å². The Morgan fingerprint density at radius 1 is 1.05 bits per heavy atom. The van der Waals surface area contributed by atoms with Gasteiger partial charge in [-0.05, 0) is 5.56 Å². The monoisotopic (exact) mass is 296 g/mol. The number of nitro groups is 1. The van der Waals surface area contributed by atoms with Crippen molar-refractivity contribution >= 4 is 17.0 Å². The first-order valence-corrected chi connectivity index (χ1v) is 7.33. The second-order valence-electron chi connectivity index (χ2n) is 4.59. The normalized spacial score (nSPS) is 10.5. The molecule has 104 valence electrons. The van der Waals surface area contributed by atoms with Gasteiger partial charge in [0.2, 0.25) is 0 Å². The van der Waals surface area contributed by atoms with E-state index in [0.717, 1.165) is 28.1 Å². The first kappa shape index (κ1) is 13.5. The minimum absolute atomic E-state index is 0.117. The van der Waals surface area contributed by atoms with Crippen LogP contribution in [0.4, 0.5) is 5.69 Å². The quantitative estimate of drug-likeness (QED) is 0.532. The summed E-state index contributed by atoms with van der Waals surface area (Å²) >= 11 is 1.60. The molecule has 3 aromatic rings. The van der Waals surface area contributed by atoms with Gasteiger partial charge in [-0.1, -0.05) is 42.5 Å². The van der Waals surface area contributed by atoms with Crippen LogP contribution in [0.5, 0.6) is 0 Å². The zero-order valence-corrected chi connectivity index (χ0v) is 11.9. The van der Waals surface area contributed by atoms with E-state index in [9.17, 15) is 10.1 Å². The van der Waals surface area contributed by atoms with E-state index >= 15 is 0 Å². The van der Waals surface area contributed by atoms with Crippen LogP contribution in [0.3, 0.4) is 0 Å². The van der Waals surface area contributed by atoms with Crippen LogP contribution in [0.1, 0.15) is 10.4 Å². The van der Waals surface area contributed by atoms with Gasteiger partial charge < -0.3 is 0 Å². The molecule has 0 unspecified atom stereocenters. The third-order valence-corrected chi connectivity index (χ3v) is 4.03. The first-order chi connectivity index (χ1) is 10.2. The van der Waals surface area contributed by atoms with E-state index < -0.39 is 0 Å². The standard InChI is InChI=1S/C16H12N2O2S/c19-18(20)14-8-6-12(7-9-14)10-15-16(17-11-21-15)13-4-2-1-3-5-13/h1-9,11H,10H2. The molecule has 0 fully saturated rings. The Hall–Kier alpha value is -2.53. The van der Waals surface area contributed by atoms with Crippen LogP contribution >= 0.6 is 11.3 Å². The van der Waals surface area contributed by atoms with Gasteiger partial charge in [0.25, 0.3) is 5.69 Å². The van der Waals surface area contributed by atoms with Crippen molar-refractivity contribution in [1.29, 1.82) is 0 Å². The molecule has 21 heavy (non-hydrogen) atoms. The lowest BCUT2D eigenvalue weighted by molar-refractivity contribution is -0.384. The highest BCUT2D eigenvalue weighted by atomic mass is 32.1. The maximum atomic E-state index is 10.7. The van der Waals surface area contributed by atoms with Gasteiger partial charge in [0, 0.05) is 29.0 Å². The Bertz CT molecular complexity index is 751. The minimum Gasteiger partial charge on any atom is -0.258 e. The summed E-state index contributed by atoms with van der Waals surface area (Å²) in [6, 6.07) is 16.7. The van der Waals surface area contributed by atoms with Crippen LogP contribution in [-0.2, 0) is 6.42 Å². The van der Waals surface area contributed by atoms with Crippen LogP contribution in [0, 0.1) is 10.1 Å². The van der Waals surface area contributed by atoms with Gasteiger partial charge in [0.15, 0.2) is 0 Å². The molecule has 2 aromatic carbocycles. The summed E-state index contributed by atoms with van der Waals surface area (Å²) in [7, 11) is 0. The van der Waals surface area contributed by atoms with Crippen LogP contribution in [0.2, 0.25) is 0 Å². The summed E-state index contributed by atoms with van der Waals surface area (Å²) in [4.78, 5) is 15.9. The van der Waals surface area contributed by atoms with E-state index in [2.05, 4.69) is 4.98 Å². The summed E-state index contributed by atoms with van der Waals surface area (Å²) < 4.78 is 0. The van der Waals surface area contributed by atoms with Crippen LogP contribution in [0.15, 0.2) is 60.1 Å². The van der Waals surface area contributed by atoms with E-state index in [4.69, 9.17) is 0 Å². The summed E-state index contributed by atoms with van der Waals surface area (Å²) in [6.45, 7) is 0. The molecule has 0 saturated heterocycles. The van der Waals surface area contributed by atoms with Gasteiger partial charge in [-0.15, -0.1) is 11.3 Å². The molecule has 0 aliphatic heterocycles. The molecule has 0 bridgehead atoms. The lowest BCUT2D eigenvalue weighted by atomic mass is 10.1. The Morgan fingerprint density at radius 2 is 1.76 bits per heavy atom. The lowest BCUT2D eigenvalue weighted by Gasteiger charge is -2.03. The van der Waals surface area contributed by atoms with Crippen molar-refractivity contribution in [2.24, 2.45) is 0 Å². The Balaban J connectivity index is 1.86. The molecule has 4 nitrogen and oxygen atoms in total. The highest BCUT2D eigenvalue weighted by Gasteiger charge is 2.10. The van der Waals surface area contributed by atoms with Crippen molar-refractivity contribution < 1.29 is 4.92 Å². The van der Waals surface area contributed by atoms with Gasteiger partial charge >= 0.3 is 0 Å². The number of nitro benzene ring substituents is 1. The number of non-ortho nitro benzene ring substituents is 1. The third kappa shape index (κ3) is 2.98. The average Bonchev–Trinajstić information content (AvgIpc) is 2.97. The molecule has 1 aromatic heterocycles. The largest absolute Gasteiger partial charge is 0.269 e. The van der Waals surface area contributed by atoms with Crippen molar-refractivity contribution in [3.8, 4) is 11.3 Å². The molecule has 0 N–H and O–H groups in total. The van der Waals surface area contributed by atoms with Crippen molar-refractivity contribution in [1.82, 2.24) is 4.98 Å². The number of thiazole rings is 1. The molecule has 0 aliphatic carbocycles. The number of hydrogen-bond acceptors (Lipinski definition) is 4. The minimum atomic E-state index is -0.383. The Kier molecular flexibility index (Phi) is 3.75. The van der Waals surface area contributed by atoms with E-state index in [1.165, 1.54) is 0 Å². The van der Waals surface area contributed by atoms with Crippen LogP contribution in [-0.4, -0.2) is 9.91 Å². The van der Waals surface area contributed by atoms with E-state index in [1.54, 1.807) is 35.6 Å². The zero-order valence-electron chi connectivity index (χ0n) is 11.1. The van der Waals surface area contributed by atoms with Gasteiger partial charge in [0.1, 0.15) is 0 Å². The van der Waals surface area contributed by atoms with Crippen LogP contribution < -0.4 is 0 Å². The number of benzene rings is 2. The van der Waals surface area contributed by atoms with Crippen molar-refractivity contribution in [3.05, 3.63) is 80.7 Å².